The van der Waals surface area contributed by atoms with Gasteiger partial charge in [0.1, 0.15) is 12.4 Å². The Morgan fingerprint density at radius 1 is 1.24 bits per heavy atom. The van der Waals surface area contributed by atoms with Gasteiger partial charge in [0.15, 0.2) is 0 Å². The van der Waals surface area contributed by atoms with E-state index in [-0.39, 0.29) is 5.91 Å². The molecule has 21 heavy (non-hydrogen) atoms. The molecule has 0 fully saturated rings. The van der Waals surface area contributed by atoms with Gasteiger partial charge in [0.25, 0.3) is 0 Å². The predicted octanol–water partition coefficient (Wildman–Crippen LogP) is 1.99. The van der Waals surface area contributed by atoms with Crippen molar-refractivity contribution in [2.24, 2.45) is 5.73 Å². The topological polar surface area (TPSA) is 77.2 Å². The van der Waals surface area contributed by atoms with E-state index in [4.69, 9.17) is 10.5 Å². The van der Waals surface area contributed by atoms with E-state index < -0.39 is 0 Å². The molecule has 2 aromatic rings. The number of aryl methyl sites for hydroxylation is 1. The van der Waals surface area contributed by atoms with Gasteiger partial charge >= 0.3 is 0 Å². The summed E-state index contributed by atoms with van der Waals surface area (Å²) in [6.07, 6.45) is 2.74. The van der Waals surface area contributed by atoms with Crippen LogP contribution in [0.2, 0.25) is 0 Å². The van der Waals surface area contributed by atoms with E-state index in [2.05, 4.69) is 10.3 Å². The minimum absolute atomic E-state index is 0.0448. The zero-order valence-corrected chi connectivity index (χ0v) is 11.8. The number of nitrogens with two attached hydrogens (primary N) is 1. The Bertz CT molecular complexity index is 573. The maximum absolute atomic E-state index is 11.9. The number of nitrogens with zero attached hydrogens (tertiary/aromatic N) is 1. The first-order chi connectivity index (χ1) is 10.3. The van der Waals surface area contributed by atoms with Crippen molar-refractivity contribution < 1.29 is 9.53 Å². The molecule has 0 aliphatic rings. The maximum atomic E-state index is 11.9. The van der Waals surface area contributed by atoms with Crippen molar-refractivity contribution in [3.8, 4) is 5.75 Å². The molecule has 0 radical (unpaired) electrons. The molecule has 1 aromatic heterocycles. The molecule has 0 aliphatic heterocycles. The third-order valence-electron chi connectivity index (χ3n) is 2.84. The van der Waals surface area contributed by atoms with Crippen molar-refractivity contribution in [1.29, 1.82) is 0 Å². The smallest absolute Gasteiger partial charge is 0.224 e. The second-order valence-corrected chi connectivity index (χ2v) is 4.53. The van der Waals surface area contributed by atoms with Gasteiger partial charge in [0.05, 0.1) is 0 Å². The molecule has 5 nitrogen and oxygen atoms in total. The zero-order valence-electron chi connectivity index (χ0n) is 11.8. The van der Waals surface area contributed by atoms with Crippen molar-refractivity contribution >= 4 is 11.6 Å². The predicted molar refractivity (Wildman–Crippen MR) is 82.2 cm³/mol. The van der Waals surface area contributed by atoms with Gasteiger partial charge in [-0.25, -0.2) is 0 Å². The van der Waals surface area contributed by atoms with Crippen molar-refractivity contribution in [3.05, 3.63) is 54.4 Å². The van der Waals surface area contributed by atoms with E-state index in [1.807, 2.05) is 36.4 Å². The van der Waals surface area contributed by atoms with Crippen LogP contribution in [0.4, 0.5) is 5.69 Å². The van der Waals surface area contributed by atoms with E-state index in [0.717, 1.165) is 11.4 Å². The summed E-state index contributed by atoms with van der Waals surface area (Å²) in [7, 11) is 0. The quantitative estimate of drug-likeness (QED) is 0.815. The van der Waals surface area contributed by atoms with Crippen LogP contribution in [0.5, 0.6) is 5.75 Å². The van der Waals surface area contributed by atoms with Crippen LogP contribution in [0.1, 0.15) is 12.1 Å². The number of hydrogen-bond acceptors (Lipinski definition) is 4. The van der Waals surface area contributed by atoms with E-state index in [1.165, 1.54) is 0 Å². The highest BCUT2D eigenvalue weighted by atomic mass is 16.5. The summed E-state index contributed by atoms with van der Waals surface area (Å²) in [4.78, 5) is 16.1. The van der Waals surface area contributed by atoms with Crippen LogP contribution >= 0.6 is 0 Å². The number of benzene rings is 1. The molecule has 1 amide bonds. The van der Waals surface area contributed by atoms with Gasteiger partial charge < -0.3 is 15.8 Å². The summed E-state index contributed by atoms with van der Waals surface area (Å²) < 4.78 is 5.42. The van der Waals surface area contributed by atoms with E-state index >= 15 is 0 Å². The molecular weight excluding hydrogens is 266 g/mol. The van der Waals surface area contributed by atoms with Gasteiger partial charge in [-0.3, -0.25) is 9.78 Å². The van der Waals surface area contributed by atoms with E-state index in [0.29, 0.717) is 31.7 Å². The average Bonchev–Trinajstić information content (AvgIpc) is 2.52. The lowest BCUT2D eigenvalue weighted by atomic mass is 10.2. The normalized spacial score (nSPS) is 10.1. The maximum Gasteiger partial charge on any atom is 0.224 e. The first-order valence-electron chi connectivity index (χ1n) is 6.90. The SMILES string of the molecule is NCCOc1cccc(NC(=O)CCc2ccccn2)c1. The van der Waals surface area contributed by atoms with Gasteiger partial charge in [0, 0.05) is 36.6 Å². The summed E-state index contributed by atoms with van der Waals surface area (Å²) >= 11 is 0. The third kappa shape index (κ3) is 5.24. The lowest BCUT2D eigenvalue weighted by molar-refractivity contribution is -0.116. The monoisotopic (exact) mass is 285 g/mol. The molecule has 2 rings (SSSR count). The van der Waals surface area contributed by atoms with E-state index in [1.54, 1.807) is 12.3 Å². The molecule has 0 unspecified atom stereocenters. The van der Waals surface area contributed by atoms with Crippen molar-refractivity contribution in [2.45, 2.75) is 12.8 Å². The Hall–Kier alpha value is -2.40. The molecule has 3 N–H and O–H groups in total. The van der Waals surface area contributed by atoms with Gasteiger partial charge in [-0.05, 0) is 30.7 Å². The van der Waals surface area contributed by atoms with Crippen LogP contribution in [-0.4, -0.2) is 24.0 Å². The van der Waals surface area contributed by atoms with Crippen LogP contribution in [0.3, 0.4) is 0 Å². The number of carbonyl (C=O) groups excluding carboxylic acids is 1. The lowest BCUT2D eigenvalue weighted by Crippen LogP contribution is -2.13. The zero-order chi connectivity index (χ0) is 14.9. The number of amides is 1. The molecule has 1 heterocycles. The fourth-order valence-corrected chi connectivity index (χ4v) is 1.85. The van der Waals surface area contributed by atoms with Gasteiger partial charge in [0.2, 0.25) is 5.91 Å². The average molecular weight is 285 g/mol. The number of hydrogen-bond donors (Lipinski definition) is 2. The fourth-order valence-electron chi connectivity index (χ4n) is 1.85. The standard InChI is InChI=1S/C16H19N3O2/c17-9-11-21-15-6-3-5-14(12-15)19-16(20)8-7-13-4-1-2-10-18-13/h1-6,10,12H,7-9,11,17H2,(H,19,20). The van der Waals surface area contributed by atoms with Crippen LogP contribution in [0, 0.1) is 0 Å². The Balaban J connectivity index is 1.84. The lowest BCUT2D eigenvalue weighted by Gasteiger charge is -2.08. The third-order valence-corrected chi connectivity index (χ3v) is 2.84. The highest BCUT2D eigenvalue weighted by Gasteiger charge is 2.04. The van der Waals surface area contributed by atoms with Crippen LogP contribution in [0.15, 0.2) is 48.7 Å². The van der Waals surface area contributed by atoms with Gasteiger partial charge in [-0.2, -0.15) is 0 Å². The molecule has 0 saturated carbocycles. The fraction of sp³-hybridized carbons (Fsp3) is 0.250. The largest absolute Gasteiger partial charge is 0.492 e. The molecule has 0 atom stereocenters. The Kier molecular flexibility index (Phi) is 5.72. The number of anilines is 1. The molecule has 0 saturated heterocycles. The molecule has 110 valence electrons. The summed E-state index contributed by atoms with van der Waals surface area (Å²) in [6.45, 7) is 0.914. The Labute approximate surface area is 124 Å². The first kappa shape index (κ1) is 15.0. The second kappa shape index (κ2) is 8.01. The first-order valence-corrected chi connectivity index (χ1v) is 6.90. The highest BCUT2D eigenvalue weighted by Crippen LogP contribution is 2.17. The summed E-state index contributed by atoms with van der Waals surface area (Å²) in [5.74, 6) is 0.652. The van der Waals surface area contributed by atoms with E-state index in [9.17, 15) is 4.79 Å². The van der Waals surface area contributed by atoms with Crippen LogP contribution in [-0.2, 0) is 11.2 Å². The molecule has 0 aliphatic carbocycles. The van der Waals surface area contributed by atoms with Gasteiger partial charge in [-0.15, -0.1) is 0 Å². The Morgan fingerprint density at radius 3 is 2.90 bits per heavy atom. The van der Waals surface area contributed by atoms with Crippen LogP contribution in [0.25, 0.3) is 0 Å². The number of pyridine rings is 1. The summed E-state index contributed by atoms with van der Waals surface area (Å²) in [5.41, 5.74) is 7.02. The molecule has 0 bridgehead atoms. The molecule has 0 spiro atoms. The van der Waals surface area contributed by atoms with Crippen molar-refractivity contribution in [1.82, 2.24) is 4.98 Å². The molecular formula is C16H19N3O2. The minimum atomic E-state index is -0.0448. The minimum Gasteiger partial charge on any atom is -0.492 e. The van der Waals surface area contributed by atoms with Crippen molar-refractivity contribution in [2.75, 3.05) is 18.5 Å². The number of rotatable bonds is 7. The number of nitrogens with one attached hydrogen (secondary N) is 1. The summed E-state index contributed by atoms with van der Waals surface area (Å²) in [5, 5.41) is 2.85. The van der Waals surface area contributed by atoms with Crippen molar-refractivity contribution in [3.63, 3.8) is 0 Å². The Morgan fingerprint density at radius 2 is 2.14 bits per heavy atom. The highest BCUT2D eigenvalue weighted by molar-refractivity contribution is 5.90. The molecule has 5 heteroatoms. The molecule has 1 aromatic carbocycles. The van der Waals surface area contributed by atoms with Crippen LogP contribution < -0.4 is 15.8 Å². The summed E-state index contributed by atoms with van der Waals surface area (Å²) in [6, 6.07) is 13.0. The van der Waals surface area contributed by atoms with Gasteiger partial charge in [-0.1, -0.05) is 12.1 Å². The number of carbonyl (C=O) groups is 1. The number of ether oxygens (including phenoxy) is 1. The number of aromatic nitrogens is 1. The second-order valence-electron chi connectivity index (χ2n) is 4.53.